The molecule has 1 saturated carbocycles. The third kappa shape index (κ3) is 5.12. The molecule has 144 valence electrons. The molecule has 1 fully saturated rings. The maximum Gasteiger partial charge on any atom is 0.409 e. The third-order valence-electron chi connectivity index (χ3n) is 5.28. The van der Waals surface area contributed by atoms with Gasteiger partial charge < -0.3 is 10.3 Å². The number of hydrogen-bond acceptors (Lipinski definition) is 3. The minimum absolute atomic E-state index is 0.0457. The first kappa shape index (κ1) is 20.1. The monoisotopic (exact) mass is 361 g/mol. The van der Waals surface area contributed by atoms with Gasteiger partial charge in [-0.05, 0) is 37.0 Å². The number of rotatable bonds is 5. The van der Waals surface area contributed by atoms with Crippen LogP contribution in [0.15, 0.2) is 11.8 Å². The molecule has 1 aliphatic carbocycles. The quantitative estimate of drug-likeness (QED) is 0.786. The van der Waals surface area contributed by atoms with Crippen LogP contribution in [0.1, 0.15) is 52.9 Å². The average Bonchev–Trinajstić information content (AvgIpc) is 2.89. The molecule has 1 aliphatic heterocycles. The number of alkyl halides is 3. The highest BCUT2D eigenvalue weighted by molar-refractivity contribution is 5.95. The first-order valence-corrected chi connectivity index (χ1v) is 9.18. The van der Waals surface area contributed by atoms with Gasteiger partial charge in [-0.3, -0.25) is 4.79 Å². The van der Waals surface area contributed by atoms with Gasteiger partial charge in [0.2, 0.25) is 0 Å². The number of hydrazine groups is 1. The minimum atomic E-state index is -4.50. The lowest BCUT2D eigenvalue weighted by atomic mass is 9.74. The summed E-state index contributed by atoms with van der Waals surface area (Å²) in [7, 11) is 1.47. The van der Waals surface area contributed by atoms with Crippen molar-refractivity contribution in [2.45, 2.75) is 71.1 Å². The summed E-state index contributed by atoms with van der Waals surface area (Å²) in [5, 5.41) is 4.11. The molecule has 2 N–H and O–H groups in total. The Morgan fingerprint density at radius 3 is 2.56 bits per heavy atom. The molecule has 0 bridgehead atoms. The molecule has 0 saturated heterocycles. The van der Waals surface area contributed by atoms with Crippen molar-refractivity contribution in [1.29, 1.82) is 0 Å². The fraction of sp³-hybridized carbons (Fsp3) is 0.833. The van der Waals surface area contributed by atoms with Crippen molar-refractivity contribution in [2.24, 2.45) is 17.8 Å². The van der Waals surface area contributed by atoms with E-state index in [1.165, 1.54) is 18.3 Å². The molecular weight excluding hydrogens is 331 g/mol. The van der Waals surface area contributed by atoms with E-state index in [4.69, 9.17) is 0 Å². The molecule has 4 nitrogen and oxygen atoms in total. The fourth-order valence-corrected chi connectivity index (χ4v) is 4.22. The molecule has 1 heterocycles. The molecule has 0 spiro atoms. The van der Waals surface area contributed by atoms with Gasteiger partial charge in [-0.1, -0.05) is 33.6 Å². The summed E-state index contributed by atoms with van der Waals surface area (Å²) in [6.45, 7) is 6.54. The van der Waals surface area contributed by atoms with Crippen molar-refractivity contribution in [1.82, 2.24) is 15.8 Å². The van der Waals surface area contributed by atoms with Gasteiger partial charge in [-0.25, -0.2) is 5.43 Å². The van der Waals surface area contributed by atoms with E-state index >= 15 is 0 Å². The number of amides is 1. The van der Waals surface area contributed by atoms with Crippen LogP contribution in [0, 0.1) is 17.8 Å². The number of nitrogens with one attached hydrogen (secondary N) is 2. The lowest BCUT2D eigenvalue weighted by molar-refractivity contribution is -0.154. The van der Waals surface area contributed by atoms with Crippen molar-refractivity contribution < 1.29 is 18.0 Å². The van der Waals surface area contributed by atoms with Crippen LogP contribution in [0.2, 0.25) is 0 Å². The van der Waals surface area contributed by atoms with Crippen LogP contribution in [0.3, 0.4) is 0 Å². The topological polar surface area (TPSA) is 44.4 Å². The number of carbonyl (C=O) groups is 1. The second-order valence-corrected chi connectivity index (χ2v) is 7.93. The summed E-state index contributed by atoms with van der Waals surface area (Å²) in [5.41, 5.74) is 2.02. The Morgan fingerprint density at radius 1 is 1.32 bits per heavy atom. The summed E-state index contributed by atoms with van der Waals surface area (Å²) in [6, 6.07) is -1.98. The first-order valence-electron chi connectivity index (χ1n) is 9.18. The summed E-state index contributed by atoms with van der Waals surface area (Å²) in [6.07, 6.45) is 1.81. The predicted octanol–water partition coefficient (Wildman–Crippen LogP) is 3.61. The third-order valence-corrected chi connectivity index (χ3v) is 5.28. The van der Waals surface area contributed by atoms with Gasteiger partial charge in [0.15, 0.2) is 6.04 Å². The Kier molecular flexibility index (Phi) is 6.40. The van der Waals surface area contributed by atoms with Crippen LogP contribution in [-0.4, -0.2) is 36.2 Å². The van der Waals surface area contributed by atoms with E-state index in [1.54, 1.807) is 0 Å². The predicted molar refractivity (Wildman–Crippen MR) is 91.3 cm³/mol. The van der Waals surface area contributed by atoms with Gasteiger partial charge in [0.25, 0.3) is 5.91 Å². The van der Waals surface area contributed by atoms with Crippen molar-refractivity contribution >= 4 is 5.91 Å². The number of halogens is 3. The van der Waals surface area contributed by atoms with Gasteiger partial charge in [0.1, 0.15) is 0 Å². The normalized spacial score (nSPS) is 28.9. The van der Waals surface area contributed by atoms with Crippen molar-refractivity contribution in [3.8, 4) is 0 Å². The van der Waals surface area contributed by atoms with E-state index in [2.05, 4.69) is 31.5 Å². The fourth-order valence-electron chi connectivity index (χ4n) is 4.22. The molecule has 0 aromatic heterocycles. The highest BCUT2D eigenvalue weighted by Gasteiger charge is 2.48. The smallest absolute Gasteiger partial charge is 0.349 e. The van der Waals surface area contributed by atoms with E-state index in [1.807, 2.05) is 0 Å². The summed E-state index contributed by atoms with van der Waals surface area (Å²) < 4.78 is 39.5. The molecule has 4 unspecified atom stereocenters. The molecular formula is C18H30F3N3O. The first-order chi connectivity index (χ1) is 11.6. The molecule has 2 rings (SSSR count). The molecule has 4 atom stereocenters. The van der Waals surface area contributed by atoms with Gasteiger partial charge >= 0.3 is 6.18 Å². The zero-order chi connectivity index (χ0) is 18.8. The molecule has 1 amide bonds. The zero-order valence-electron chi connectivity index (χ0n) is 15.5. The van der Waals surface area contributed by atoms with E-state index in [0.717, 1.165) is 32.1 Å². The highest BCUT2D eigenvalue weighted by Crippen LogP contribution is 2.34. The molecule has 7 heteroatoms. The van der Waals surface area contributed by atoms with Crippen LogP contribution < -0.4 is 10.7 Å². The summed E-state index contributed by atoms with van der Waals surface area (Å²) in [4.78, 5) is 12.6. The molecule has 25 heavy (non-hydrogen) atoms. The Hall–Kier alpha value is -1.24. The Labute approximate surface area is 148 Å². The Bertz CT molecular complexity index is 504. The minimum Gasteiger partial charge on any atom is -0.349 e. The van der Waals surface area contributed by atoms with Crippen LogP contribution in [0.4, 0.5) is 13.2 Å². The SMILES string of the molecule is CC(C)CC(C)C1CCCCC1NC(=O)C1=CN(C)NC1C(F)(F)F. The van der Waals surface area contributed by atoms with Crippen LogP contribution >= 0.6 is 0 Å². The van der Waals surface area contributed by atoms with Gasteiger partial charge in [-0.15, -0.1) is 0 Å². The van der Waals surface area contributed by atoms with Gasteiger partial charge in [0.05, 0.1) is 5.57 Å². The van der Waals surface area contributed by atoms with Gasteiger partial charge in [-0.2, -0.15) is 13.2 Å². The van der Waals surface area contributed by atoms with Crippen LogP contribution in [-0.2, 0) is 4.79 Å². The highest BCUT2D eigenvalue weighted by atomic mass is 19.4. The maximum atomic E-state index is 13.2. The number of hydrogen-bond donors (Lipinski definition) is 2. The molecule has 0 aromatic carbocycles. The van der Waals surface area contributed by atoms with Crippen molar-refractivity contribution in [3.63, 3.8) is 0 Å². The number of carbonyl (C=O) groups excluding carboxylic acids is 1. The van der Waals surface area contributed by atoms with Crippen molar-refractivity contribution in [3.05, 3.63) is 11.8 Å². The van der Waals surface area contributed by atoms with Crippen LogP contribution in [0.25, 0.3) is 0 Å². The average molecular weight is 361 g/mol. The van der Waals surface area contributed by atoms with E-state index < -0.39 is 18.1 Å². The van der Waals surface area contributed by atoms with Crippen LogP contribution in [0.5, 0.6) is 0 Å². The van der Waals surface area contributed by atoms with E-state index in [9.17, 15) is 18.0 Å². The largest absolute Gasteiger partial charge is 0.409 e. The second-order valence-electron chi connectivity index (χ2n) is 7.93. The standard InChI is InChI=1S/C18H30F3N3O/c1-11(2)9-12(3)13-7-5-6-8-15(13)22-17(25)14-10-24(4)23-16(14)18(19,20)21/h10-13,15-16,23H,5-9H2,1-4H3,(H,22,25). The Balaban J connectivity index is 2.07. The summed E-state index contributed by atoms with van der Waals surface area (Å²) >= 11 is 0. The Morgan fingerprint density at radius 2 is 1.96 bits per heavy atom. The second kappa shape index (κ2) is 7.98. The lowest BCUT2D eigenvalue weighted by Crippen LogP contribution is -2.50. The zero-order valence-corrected chi connectivity index (χ0v) is 15.5. The number of nitrogens with zero attached hydrogens (tertiary/aromatic N) is 1. The maximum absolute atomic E-state index is 13.2. The van der Waals surface area contributed by atoms with E-state index in [0.29, 0.717) is 17.8 Å². The van der Waals surface area contributed by atoms with Crippen molar-refractivity contribution in [2.75, 3.05) is 7.05 Å². The molecule has 2 aliphatic rings. The lowest BCUT2D eigenvalue weighted by Gasteiger charge is -2.37. The van der Waals surface area contributed by atoms with Gasteiger partial charge in [0, 0.05) is 19.3 Å². The molecule has 0 aromatic rings. The summed E-state index contributed by atoms with van der Waals surface area (Å²) in [5.74, 6) is 0.741. The van der Waals surface area contributed by atoms with E-state index in [-0.39, 0.29) is 11.6 Å². The molecule has 0 radical (unpaired) electrons.